The third kappa shape index (κ3) is 7.56. The molecule has 0 fully saturated rings. The van der Waals surface area contributed by atoms with E-state index in [4.69, 9.17) is 10.5 Å². The van der Waals surface area contributed by atoms with Gasteiger partial charge in [-0.05, 0) is 43.7 Å². The van der Waals surface area contributed by atoms with E-state index in [0.717, 1.165) is 0 Å². The van der Waals surface area contributed by atoms with E-state index >= 15 is 0 Å². The van der Waals surface area contributed by atoms with Crippen molar-refractivity contribution in [2.45, 2.75) is 31.2 Å². The van der Waals surface area contributed by atoms with Gasteiger partial charge in [-0.1, -0.05) is 30.3 Å². The summed E-state index contributed by atoms with van der Waals surface area (Å²) in [5.74, 6) is -0.851. The summed E-state index contributed by atoms with van der Waals surface area (Å²) in [7, 11) is -3.68. The van der Waals surface area contributed by atoms with Crippen LogP contribution in [0.25, 0.3) is 0 Å². The second-order valence-electron chi connectivity index (χ2n) is 8.16. The smallest absolute Gasteiger partial charge is 0.409 e. The van der Waals surface area contributed by atoms with Crippen molar-refractivity contribution in [2.24, 2.45) is 5.73 Å². The molecule has 5 N–H and O–H groups in total. The van der Waals surface area contributed by atoms with Crippen molar-refractivity contribution in [3.05, 3.63) is 66.4 Å². The number of primary amides is 1. The Morgan fingerprint density at radius 2 is 1.74 bits per heavy atom. The number of hydrogen-bond acceptors (Lipinski definition) is 10. The van der Waals surface area contributed by atoms with Gasteiger partial charge in [-0.25, -0.2) is 23.0 Å². The zero-order chi connectivity index (χ0) is 27.7. The number of sulfone groups is 1. The topological polar surface area (TPSA) is 177 Å². The Labute approximate surface area is 220 Å². The molecule has 2 aromatic carbocycles. The Morgan fingerprint density at radius 1 is 1.08 bits per heavy atom. The first-order valence-corrected chi connectivity index (χ1v) is 13.5. The van der Waals surface area contributed by atoms with Gasteiger partial charge >= 0.3 is 12.1 Å². The van der Waals surface area contributed by atoms with Gasteiger partial charge in [-0.3, -0.25) is 0 Å². The summed E-state index contributed by atoms with van der Waals surface area (Å²) < 4.78 is 30.4. The predicted octanol–water partition coefficient (Wildman–Crippen LogP) is 2.73. The van der Waals surface area contributed by atoms with Crippen LogP contribution in [0.15, 0.2) is 65.7 Å². The van der Waals surface area contributed by atoms with E-state index < -0.39 is 33.8 Å². The average molecular weight is 543 g/mol. The van der Waals surface area contributed by atoms with Gasteiger partial charge in [-0.2, -0.15) is 4.98 Å². The highest BCUT2D eigenvalue weighted by atomic mass is 32.2. The lowest BCUT2D eigenvalue weighted by atomic mass is 10.1. The standard InChI is InChI=1S/C25H30N6O6S/c1-3-31(4-2)25-27-15-21(28-16-38(35,36)19-8-6-5-7-9-19)22(30-25)29-20(23(32)33)14-17-10-12-18(13-11-17)37-24(26)34/h5-13,15,20,28H,3-4,14,16H2,1-2H3,(H2,26,34)(H,32,33)(H,27,29,30). The van der Waals surface area contributed by atoms with Gasteiger partial charge in [0.1, 0.15) is 17.7 Å². The van der Waals surface area contributed by atoms with Gasteiger partial charge in [0.05, 0.1) is 16.8 Å². The van der Waals surface area contributed by atoms with E-state index in [1.54, 1.807) is 30.3 Å². The summed E-state index contributed by atoms with van der Waals surface area (Å²) >= 11 is 0. The van der Waals surface area contributed by atoms with Gasteiger partial charge in [0, 0.05) is 19.5 Å². The number of carbonyl (C=O) groups is 2. The number of carboxylic acids is 1. The number of aliphatic carboxylic acids is 1. The molecule has 0 spiro atoms. The molecule has 202 valence electrons. The number of benzene rings is 2. The van der Waals surface area contributed by atoms with E-state index in [1.807, 2.05) is 18.7 Å². The molecule has 3 aromatic rings. The molecule has 12 nitrogen and oxygen atoms in total. The normalized spacial score (nSPS) is 11.8. The SMILES string of the molecule is CCN(CC)c1ncc(NCS(=O)(=O)c2ccccc2)c(NC(Cc2ccc(OC(N)=O)cc2)C(=O)O)n1. The first-order valence-electron chi connectivity index (χ1n) is 11.8. The van der Waals surface area contributed by atoms with Gasteiger partial charge in [0.15, 0.2) is 15.7 Å². The lowest BCUT2D eigenvalue weighted by Crippen LogP contribution is -2.33. The van der Waals surface area contributed by atoms with Crippen molar-refractivity contribution < 1.29 is 27.9 Å². The van der Waals surface area contributed by atoms with Crippen molar-refractivity contribution in [1.82, 2.24) is 9.97 Å². The van der Waals surface area contributed by atoms with Crippen molar-refractivity contribution in [3.63, 3.8) is 0 Å². The number of carbonyl (C=O) groups excluding carboxylic acids is 1. The second kappa shape index (κ2) is 12.7. The Morgan fingerprint density at radius 3 is 2.32 bits per heavy atom. The summed E-state index contributed by atoms with van der Waals surface area (Å²) in [6, 6.07) is 13.1. The first-order chi connectivity index (χ1) is 18.1. The number of nitrogens with two attached hydrogens (primary N) is 1. The molecule has 0 aliphatic carbocycles. The van der Waals surface area contributed by atoms with E-state index in [9.17, 15) is 23.1 Å². The highest BCUT2D eigenvalue weighted by Gasteiger charge is 2.23. The number of hydrogen-bond donors (Lipinski definition) is 4. The maximum atomic E-state index is 12.8. The average Bonchev–Trinajstić information content (AvgIpc) is 2.89. The maximum Gasteiger partial charge on any atom is 0.409 e. The molecule has 1 amide bonds. The summed E-state index contributed by atoms with van der Waals surface area (Å²) in [5.41, 5.74) is 5.89. The zero-order valence-corrected chi connectivity index (χ0v) is 21.8. The molecule has 0 aliphatic rings. The third-order valence-corrected chi connectivity index (χ3v) is 7.08. The molecular weight excluding hydrogens is 512 g/mol. The highest BCUT2D eigenvalue weighted by Crippen LogP contribution is 2.24. The molecule has 38 heavy (non-hydrogen) atoms. The van der Waals surface area contributed by atoms with Crippen LogP contribution >= 0.6 is 0 Å². The molecule has 0 bridgehead atoms. The lowest BCUT2D eigenvalue weighted by Gasteiger charge is -2.22. The predicted molar refractivity (Wildman–Crippen MR) is 143 cm³/mol. The van der Waals surface area contributed by atoms with Crippen molar-refractivity contribution >= 4 is 39.4 Å². The Bertz CT molecular complexity index is 1350. The highest BCUT2D eigenvalue weighted by molar-refractivity contribution is 7.91. The number of ether oxygens (including phenoxy) is 1. The minimum atomic E-state index is -3.68. The number of nitrogens with zero attached hydrogens (tertiary/aromatic N) is 3. The van der Waals surface area contributed by atoms with Gasteiger partial charge in [-0.15, -0.1) is 0 Å². The summed E-state index contributed by atoms with van der Waals surface area (Å²) in [6.45, 7) is 5.11. The van der Waals surface area contributed by atoms with E-state index in [0.29, 0.717) is 24.6 Å². The lowest BCUT2D eigenvalue weighted by molar-refractivity contribution is -0.137. The Kier molecular flexibility index (Phi) is 9.44. The Balaban J connectivity index is 1.87. The van der Waals surface area contributed by atoms with Crippen LogP contribution in [0.2, 0.25) is 0 Å². The fraction of sp³-hybridized carbons (Fsp3) is 0.280. The third-order valence-electron chi connectivity index (χ3n) is 5.57. The number of anilines is 3. The van der Waals surface area contributed by atoms with Crippen LogP contribution in [-0.2, 0) is 21.1 Å². The molecule has 0 saturated carbocycles. The van der Waals surface area contributed by atoms with Crippen molar-refractivity contribution in [1.29, 1.82) is 0 Å². The first kappa shape index (κ1) is 28.2. The number of amides is 1. The van der Waals surface area contributed by atoms with Crippen molar-refractivity contribution in [3.8, 4) is 5.75 Å². The second-order valence-corrected chi connectivity index (χ2v) is 10.1. The van der Waals surface area contributed by atoms with Crippen LogP contribution in [0, 0.1) is 0 Å². The van der Waals surface area contributed by atoms with Crippen LogP contribution in [-0.4, -0.2) is 60.6 Å². The number of aromatic nitrogens is 2. The largest absolute Gasteiger partial charge is 0.480 e. The molecule has 1 unspecified atom stereocenters. The van der Waals surface area contributed by atoms with Crippen LogP contribution in [0.4, 0.5) is 22.2 Å². The zero-order valence-electron chi connectivity index (χ0n) is 21.0. The summed E-state index contributed by atoms with van der Waals surface area (Å²) in [4.78, 5) is 33.9. The minimum Gasteiger partial charge on any atom is -0.480 e. The fourth-order valence-electron chi connectivity index (χ4n) is 3.57. The number of nitrogens with one attached hydrogen (secondary N) is 2. The van der Waals surface area contributed by atoms with E-state index in [1.165, 1.54) is 30.5 Å². The van der Waals surface area contributed by atoms with Crippen LogP contribution in [0.5, 0.6) is 5.75 Å². The van der Waals surface area contributed by atoms with Gasteiger partial charge < -0.3 is 31.1 Å². The number of rotatable bonds is 13. The van der Waals surface area contributed by atoms with Crippen LogP contribution in [0.3, 0.4) is 0 Å². The molecule has 0 radical (unpaired) electrons. The van der Waals surface area contributed by atoms with E-state index in [-0.39, 0.29) is 28.6 Å². The molecule has 1 heterocycles. The molecule has 0 saturated heterocycles. The molecule has 1 atom stereocenters. The molecule has 3 rings (SSSR count). The monoisotopic (exact) mass is 542 g/mol. The quantitative estimate of drug-likeness (QED) is 0.250. The van der Waals surface area contributed by atoms with Crippen molar-refractivity contribution in [2.75, 3.05) is 34.5 Å². The Hall–Kier alpha value is -4.39. The molecule has 1 aromatic heterocycles. The summed E-state index contributed by atoms with van der Waals surface area (Å²) in [6.07, 6.45) is 0.529. The van der Waals surface area contributed by atoms with Crippen LogP contribution < -0.4 is 26.0 Å². The fourth-order valence-corrected chi connectivity index (χ4v) is 4.65. The van der Waals surface area contributed by atoms with Gasteiger partial charge in [0.25, 0.3) is 0 Å². The molecule has 13 heteroatoms. The van der Waals surface area contributed by atoms with Crippen LogP contribution in [0.1, 0.15) is 19.4 Å². The molecular formula is C25H30N6O6S. The number of carboxylic acid groups (broad SMARTS) is 1. The maximum absolute atomic E-state index is 12.8. The van der Waals surface area contributed by atoms with Gasteiger partial charge in [0.2, 0.25) is 5.95 Å². The summed E-state index contributed by atoms with van der Waals surface area (Å²) in [5, 5.41) is 15.7. The van der Waals surface area contributed by atoms with E-state index in [2.05, 4.69) is 20.6 Å². The molecule has 0 aliphatic heterocycles. The minimum absolute atomic E-state index is 0.0541.